The zero-order valence-electron chi connectivity index (χ0n) is 20.8. The number of carbonyl (C=O) groups is 2. The van der Waals surface area contributed by atoms with Gasteiger partial charge in [0.05, 0.1) is 0 Å². The van der Waals surface area contributed by atoms with Crippen LogP contribution in [0.5, 0.6) is 5.75 Å². The van der Waals surface area contributed by atoms with Crippen LogP contribution in [0.3, 0.4) is 0 Å². The number of rotatable bonds is 10. The van der Waals surface area contributed by atoms with E-state index in [1.165, 1.54) is 0 Å². The smallest absolute Gasteiger partial charge is 0.262 e. The minimum Gasteiger partial charge on any atom is -0.484 e. The molecule has 2 amide bonds. The van der Waals surface area contributed by atoms with Crippen molar-refractivity contribution in [3.8, 4) is 5.75 Å². The number of hydrogen-bond donors (Lipinski definition) is 2. The molecule has 0 bridgehead atoms. The molecule has 0 aliphatic carbocycles. The van der Waals surface area contributed by atoms with Crippen LogP contribution < -0.4 is 15.8 Å². The second-order valence-corrected chi connectivity index (χ2v) is 9.82. The number of nitrogens with one attached hydrogen (secondary N) is 1. The molecule has 3 aromatic rings. The molecule has 3 N–H and O–H groups in total. The summed E-state index contributed by atoms with van der Waals surface area (Å²) in [5.41, 5.74) is 9.24. The highest BCUT2D eigenvalue weighted by Gasteiger charge is 2.23. The van der Waals surface area contributed by atoms with Gasteiger partial charge in [-0.15, -0.1) is 0 Å². The van der Waals surface area contributed by atoms with Gasteiger partial charge in [-0.1, -0.05) is 81.4 Å². The molecule has 3 rings (SSSR count). The molecule has 0 radical (unpaired) electrons. The van der Waals surface area contributed by atoms with Gasteiger partial charge in [0, 0.05) is 31.7 Å². The van der Waals surface area contributed by atoms with E-state index in [1.54, 1.807) is 12.1 Å². The molecule has 0 aromatic heterocycles. The summed E-state index contributed by atoms with van der Waals surface area (Å²) >= 11 is 0. The van der Waals surface area contributed by atoms with Gasteiger partial charge in [0.25, 0.3) is 5.91 Å². The summed E-state index contributed by atoms with van der Waals surface area (Å²) in [4.78, 5) is 27.7. The third kappa shape index (κ3) is 8.58. The summed E-state index contributed by atoms with van der Waals surface area (Å²) in [5, 5.41) is 2.94. The van der Waals surface area contributed by atoms with Crippen LogP contribution in [0, 0.1) is 5.41 Å². The number of para-hydroxylation sites is 2. The van der Waals surface area contributed by atoms with Gasteiger partial charge in [-0.25, -0.2) is 0 Å². The lowest BCUT2D eigenvalue weighted by molar-refractivity contribution is -0.134. The van der Waals surface area contributed by atoms with Crippen molar-refractivity contribution in [1.82, 2.24) is 4.90 Å². The quantitative estimate of drug-likeness (QED) is 0.428. The van der Waals surface area contributed by atoms with Crippen LogP contribution in [0.15, 0.2) is 78.9 Å². The molecule has 6 heteroatoms. The van der Waals surface area contributed by atoms with E-state index in [0.717, 1.165) is 16.7 Å². The number of ether oxygens (including phenoxy) is 1. The summed E-state index contributed by atoms with van der Waals surface area (Å²) < 4.78 is 5.57. The molecule has 35 heavy (non-hydrogen) atoms. The van der Waals surface area contributed by atoms with Gasteiger partial charge < -0.3 is 20.7 Å². The zero-order chi connectivity index (χ0) is 25.3. The fourth-order valence-electron chi connectivity index (χ4n) is 3.71. The largest absolute Gasteiger partial charge is 0.484 e. The van der Waals surface area contributed by atoms with Crippen molar-refractivity contribution in [3.05, 3.63) is 95.6 Å². The Morgan fingerprint density at radius 2 is 1.57 bits per heavy atom. The van der Waals surface area contributed by atoms with Crippen molar-refractivity contribution in [2.75, 3.05) is 11.9 Å². The van der Waals surface area contributed by atoms with Crippen LogP contribution in [-0.4, -0.2) is 23.3 Å². The predicted molar refractivity (Wildman–Crippen MR) is 140 cm³/mol. The van der Waals surface area contributed by atoms with Crippen molar-refractivity contribution < 1.29 is 14.3 Å². The summed E-state index contributed by atoms with van der Waals surface area (Å²) in [6.07, 6.45) is 0.420. The highest BCUT2D eigenvalue weighted by atomic mass is 16.5. The van der Waals surface area contributed by atoms with Crippen molar-refractivity contribution in [2.24, 2.45) is 11.1 Å². The third-order valence-corrected chi connectivity index (χ3v) is 5.40. The Morgan fingerprint density at radius 1 is 0.886 bits per heavy atom. The number of nitrogens with two attached hydrogens (primary N) is 1. The van der Waals surface area contributed by atoms with E-state index < -0.39 is 0 Å². The van der Waals surface area contributed by atoms with E-state index in [9.17, 15) is 9.59 Å². The summed E-state index contributed by atoms with van der Waals surface area (Å²) in [6, 6.07) is 24.7. The molecule has 0 aliphatic heterocycles. The van der Waals surface area contributed by atoms with Gasteiger partial charge in [-0.2, -0.15) is 0 Å². The van der Waals surface area contributed by atoms with Gasteiger partial charge >= 0.3 is 0 Å². The van der Waals surface area contributed by atoms with Gasteiger partial charge in [-0.3, -0.25) is 9.59 Å². The van der Waals surface area contributed by atoms with Crippen LogP contribution in [-0.2, 0) is 29.2 Å². The predicted octanol–water partition coefficient (Wildman–Crippen LogP) is 5.13. The molecule has 0 saturated heterocycles. The highest BCUT2D eigenvalue weighted by Crippen LogP contribution is 2.24. The Balaban J connectivity index is 1.76. The van der Waals surface area contributed by atoms with Crippen molar-refractivity contribution in [2.45, 2.75) is 46.8 Å². The monoisotopic (exact) mass is 473 g/mol. The van der Waals surface area contributed by atoms with E-state index in [4.69, 9.17) is 10.5 Å². The number of nitrogens with zero attached hydrogens (tertiary/aromatic N) is 1. The van der Waals surface area contributed by atoms with Gasteiger partial charge in [0.2, 0.25) is 5.91 Å². The molecule has 3 aromatic carbocycles. The van der Waals surface area contributed by atoms with Crippen molar-refractivity contribution in [3.63, 3.8) is 0 Å². The van der Waals surface area contributed by atoms with E-state index in [-0.39, 0.29) is 23.8 Å². The lowest BCUT2D eigenvalue weighted by Crippen LogP contribution is -2.33. The van der Waals surface area contributed by atoms with Gasteiger partial charge in [-0.05, 0) is 40.3 Å². The minimum absolute atomic E-state index is 0.0594. The first-order valence-electron chi connectivity index (χ1n) is 11.8. The molecule has 0 heterocycles. The van der Waals surface area contributed by atoms with Crippen molar-refractivity contribution >= 4 is 17.5 Å². The SMILES string of the molecule is CC(C)(C)CC(=O)N(Cc1cccc(CN)c1)Cc1ccccc1NC(=O)COc1ccccc1. The number of carbonyl (C=O) groups excluding carboxylic acids is 2. The first-order chi connectivity index (χ1) is 16.7. The van der Waals surface area contributed by atoms with E-state index in [1.807, 2.05) is 71.6 Å². The molecule has 0 fully saturated rings. The molecule has 0 atom stereocenters. The topological polar surface area (TPSA) is 84.7 Å². The second-order valence-electron chi connectivity index (χ2n) is 9.82. The summed E-state index contributed by atoms with van der Waals surface area (Å²) in [5.74, 6) is 0.434. The van der Waals surface area contributed by atoms with E-state index in [0.29, 0.717) is 37.5 Å². The zero-order valence-corrected chi connectivity index (χ0v) is 20.8. The molecule has 6 nitrogen and oxygen atoms in total. The Bertz CT molecular complexity index is 1120. The number of benzene rings is 3. The lowest BCUT2D eigenvalue weighted by Gasteiger charge is -2.28. The molecule has 0 spiro atoms. The minimum atomic E-state index is -0.260. The van der Waals surface area contributed by atoms with Crippen LogP contribution in [0.2, 0.25) is 0 Å². The van der Waals surface area contributed by atoms with Crippen LogP contribution in [0.1, 0.15) is 43.9 Å². The fraction of sp³-hybridized carbons (Fsp3) is 0.310. The van der Waals surface area contributed by atoms with Crippen LogP contribution >= 0.6 is 0 Å². The molecular formula is C29H35N3O3. The maximum Gasteiger partial charge on any atom is 0.262 e. The van der Waals surface area contributed by atoms with Crippen LogP contribution in [0.25, 0.3) is 0 Å². The average Bonchev–Trinajstić information content (AvgIpc) is 2.83. The van der Waals surface area contributed by atoms with Crippen molar-refractivity contribution in [1.29, 1.82) is 0 Å². The summed E-state index contributed by atoms with van der Waals surface area (Å²) in [7, 11) is 0. The average molecular weight is 474 g/mol. The standard InChI is InChI=1S/C29H35N3O3/c1-29(2,3)17-28(34)32(19-23-11-9-10-22(16-23)18-30)20-24-12-7-8-15-26(24)31-27(33)21-35-25-13-5-4-6-14-25/h4-16H,17-21,30H2,1-3H3,(H,31,33). The third-order valence-electron chi connectivity index (χ3n) is 5.40. The van der Waals surface area contributed by atoms with Crippen LogP contribution in [0.4, 0.5) is 5.69 Å². The maximum absolute atomic E-state index is 13.3. The lowest BCUT2D eigenvalue weighted by atomic mass is 9.91. The molecule has 184 valence electrons. The summed E-state index contributed by atoms with van der Waals surface area (Å²) in [6.45, 7) is 7.34. The Labute approximate surface area is 208 Å². The van der Waals surface area contributed by atoms with E-state index >= 15 is 0 Å². The first kappa shape index (κ1) is 26.0. The fourth-order valence-corrected chi connectivity index (χ4v) is 3.71. The Hall–Kier alpha value is -3.64. The Kier molecular flexibility index (Phi) is 9.04. The van der Waals surface area contributed by atoms with E-state index in [2.05, 4.69) is 26.1 Å². The molecule has 0 unspecified atom stereocenters. The number of amides is 2. The number of anilines is 1. The Morgan fingerprint density at radius 3 is 2.29 bits per heavy atom. The maximum atomic E-state index is 13.3. The molecule has 0 aliphatic rings. The molecule has 0 saturated carbocycles. The molecular weight excluding hydrogens is 438 g/mol. The normalized spacial score (nSPS) is 11.1. The number of hydrogen-bond acceptors (Lipinski definition) is 4. The van der Waals surface area contributed by atoms with Gasteiger partial charge in [0.1, 0.15) is 5.75 Å². The first-order valence-corrected chi connectivity index (χ1v) is 11.8. The second kappa shape index (κ2) is 12.2. The van der Waals surface area contributed by atoms with Gasteiger partial charge in [0.15, 0.2) is 6.61 Å². The highest BCUT2D eigenvalue weighted by molar-refractivity contribution is 5.92.